The highest BCUT2D eigenvalue weighted by molar-refractivity contribution is 5.77. The molecule has 2 bridgehead atoms. The zero-order valence-corrected chi connectivity index (χ0v) is 31.3. The van der Waals surface area contributed by atoms with Crippen LogP contribution in [0.3, 0.4) is 0 Å². The van der Waals surface area contributed by atoms with E-state index < -0.39 is 10.8 Å². The van der Waals surface area contributed by atoms with Crippen molar-refractivity contribution < 1.29 is 0 Å². The molecular formula is C54H37N3. The molecule has 3 nitrogen and oxygen atoms in total. The predicted octanol–water partition coefficient (Wildman–Crippen LogP) is 12.1. The van der Waals surface area contributed by atoms with E-state index in [2.05, 4.69) is 212 Å². The third kappa shape index (κ3) is 5.09. The van der Waals surface area contributed by atoms with Crippen molar-refractivity contribution in [2.75, 3.05) is 0 Å². The van der Waals surface area contributed by atoms with Crippen molar-refractivity contribution in [2.45, 2.75) is 17.3 Å². The van der Waals surface area contributed by atoms with Gasteiger partial charge in [0.1, 0.15) is 5.41 Å². The Balaban J connectivity index is 1.25. The SMILES string of the molecule is c1ccc(-c2cccc(-c3nc(-c4cccc(-c5ccccc5)c4)nc(C45c6ccccc6CC(c6ccccc6)(c6ccccc64)c4ccccc45)n3)c2)cc1. The quantitative estimate of drug-likeness (QED) is 0.171. The standard InChI is InChI=1S/C54H37N3/c1-4-18-37(19-5-1)39-23-16-25-41(34-39)50-55-51(42-26-17-24-40(35-42)38-20-6-2-7-21-38)57-52(56-50)54-45-29-11-10-22-43(45)36-53(44-27-8-3-9-28-44,46-30-12-14-32-48(46)54)47-31-13-15-33-49(47)54/h1-35H,36H2. The van der Waals surface area contributed by atoms with E-state index >= 15 is 0 Å². The van der Waals surface area contributed by atoms with E-state index in [-0.39, 0.29) is 0 Å². The lowest BCUT2D eigenvalue weighted by molar-refractivity contribution is 0.565. The maximum atomic E-state index is 5.65. The van der Waals surface area contributed by atoms with Crippen molar-refractivity contribution in [3.05, 3.63) is 257 Å². The van der Waals surface area contributed by atoms with Crippen LogP contribution in [0.15, 0.2) is 212 Å². The Bertz CT molecular complexity index is 2790. The van der Waals surface area contributed by atoms with Crippen molar-refractivity contribution in [1.29, 1.82) is 0 Å². The smallest absolute Gasteiger partial charge is 0.163 e. The van der Waals surface area contributed by atoms with Gasteiger partial charge in [0.05, 0.1) is 0 Å². The minimum absolute atomic E-state index is 0.419. The van der Waals surface area contributed by atoms with Crippen LogP contribution in [0.25, 0.3) is 45.0 Å². The summed E-state index contributed by atoms with van der Waals surface area (Å²) in [6.07, 6.45) is 0.812. The van der Waals surface area contributed by atoms with Crippen molar-refractivity contribution in [2.24, 2.45) is 0 Å². The second-order valence-electron chi connectivity index (χ2n) is 15.1. The molecule has 0 N–H and O–H groups in total. The molecule has 0 radical (unpaired) electrons. The minimum Gasteiger partial charge on any atom is -0.211 e. The van der Waals surface area contributed by atoms with Gasteiger partial charge in [-0.25, -0.2) is 15.0 Å². The Kier molecular flexibility index (Phi) is 7.68. The highest BCUT2D eigenvalue weighted by Crippen LogP contribution is 2.61. The second-order valence-corrected chi connectivity index (χ2v) is 15.1. The summed E-state index contributed by atoms with van der Waals surface area (Å²) in [6, 6.07) is 76.3. The molecule has 0 unspecified atom stereocenters. The van der Waals surface area contributed by atoms with Gasteiger partial charge in [-0.05, 0) is 79.8 Å². The summed E-state index contributed by atoms with van der Waals surface area (Å²) in [5, 5.41) is 0. The predicted molar refractivity (Wildman–Crippen MR) is 230 cm³/mol. The zero-order chi connectivity index (χ0) is 37.8. The molecular weight excluding hydrogens is 691 g/mol. The van der Waals surface area contributed by atoms with Gasteiger partial charge in [-0.3, -0.25) is 0 Å². The summed E-state index contributed by atoms with van der Waals surface area (Å²) in [4.78, 5) is 16.6. The number of aromatic nitrogens is 3. The molecule has 1 heterocycles. The number of hydrogen-bond acceptors (Lipinski definition) is 3. The van der Waals surface area contributed by atoms with E-state index in [1.54, 1.807) is 0 Å². The molecule has 0 saturated heterocycles. The van der Waals surface area contributed by atoms with Crippen LogP contribution in [-0.4, -0.2) is 15.0 Å². The fourth-order valence-corrected chi connectivity index (χ4v) is 9.70. The van der Waals surface area contributed by atoms with Gasteiger partial charge >= 0.3 is 0 Å². The van der Waals surface area contributed by atoms with Crippen LogP contribution in [0.5, 0.6) is 0 Å². The summed E-state index contributed by atoms with van der Waals surface area (Å²) < 4.78 is 0. The molecule has 8 aromatic carbocycles. The Morgan fingerprint density at radius 1 is 0.316 bits per heavy atom. The fraction of sp³-hybridized carbons (Fsp3) is 0.0556. The average Bonchev–Trinajstić information content (AvgIpc) is 3.50. The zero-order valence-electron chi connectivity index (χ0n) is 31.3. The van der Waals surface area contributed by atoms with E-state index in [0.717, 1.165) is 39.8 Å². The second kappa shape index (κ2) is 13.2. The monoisotopic (exact) mass is 727 g/mol. The molecule has 9 aromatic rings. The maximum absolute atomic E-state index is 5.65. The van der Waals surface area contributed by atoms with Gasteiger partial charge in [0, 0.05) is 16.5 Å². The van der Waals surface area contributed by atoms with Gasteiger partial charge in [-0.1, -0.05) is 200 Å². The molecule has 57 heavy (non-hydrogen) atoms. The summed E-state index contributed by atoms with van der Waals surface area (Å²) >= 11 is 0. The third-order valence-corrected chi connectivity index (χ3v) is 12.2. The largest absolute Gasteiger partial charge is 0.211 e. The molecule has 268 valence electrons. The van der Waals surface area contributed by atoms with Crippen molar-refractivity contribution >= 4 is 0 Å². The van der Waals surface area contributed by atoms with Gasteiger partial charge in [0.2, 0.25) is 0 Å². The van der Waals surface area contributed by atoms with Crippen LogP contribution in [0.1, 0.15) is 44.8 Å². The summed E-state index contributed by atoms with van der Waals surface area (Å²) in [5.74, 6) is 2.00. The summed E-state index contributed by atoms with van der Waals surface area (Å²) in [5.41, 5.74) is 13.9. The van der Waals surface area contributed by atoms with Crippen LogP contribution in [-0.2, 0) is 17.3 Å². The van der Waals surface area contributed by atoms with Crippen LogP contribution >= 0.6 is 0 Å². The maximum Gasteiger partial charge on any atom is 0.163 e. The number of benzene rings is 8. The molecule has 0 amide bonds. The third-order valence-electron chi connectivity index (χ3n) is 12.2. The van der Waals surface area contributed by atoms with Gasteiger partial charge in [0.15, 0.2) is 17.5 Å². The Morgan fingerprint density at radius 3 is 1.25 bits per heavy atom. The van der Waals surface area contributed by atoms with E-state index in [9.17, 15) is 0 Å². The molecule has 0 saturated carbocycles. The Morgan fingerprint density at radius 2 is 0.719 bits per heavy atom. The van der Waals surface area contributed by atoms with Gasteiger partial charge < -0.3 is 0 Å². The van der Waals surface area contributed by atoms with E-state index in [4.69, 9.17) is 15.0 Å². The average molecular weight is 728 g/mol. The van der Waals surface area contributed by atoms with Gasteiger partial charge in [-0.2, -0.15) is 0 Å². The normalized spacial score (nSPS) is 17.5. The topological polar surface area (TPSA) is 38.7 Å². The summed E-state index contributed by atoms with van der Waals surface area (Å²) in [6.45, 7) is 0. The molecule has 3 aliphatic rings. The minimum atomic E-state index is -0.834. The molecule has 0 fully saturated rings. The van der Waals surface area contributed by atoms with Crippen LogP contribution in [0, 0.1) is 0 Å². The Hall–Kier alpha value is -7.23. The molecule has 0 atom stereocenters. The van der Waals surface area contributed by atoms with Crippen molar-refractivity contribution in [1.82, 2.24) is 15.0 Å². The number of rotatable bonds is 6. The van der Waals surface area contributed by atoms with E-state index in [1.165, 1.54) is 38.9 Å². The highest BCUT2D eigenvalue weighted by atomic mass is 15.1. The first-order valence-corrected chi connectivity index (χ1v) is 19.7. The lowest BCUT2D eigenvalue weighted by Crippen LogP contribution is -2.43. The van der Waals surface area contributed by atoms with Gasteiger partial charge in [-0.15, -0.1) is 0 Å². The lowest BCUT2D eigenvalue weighted by atomic mass is 9.55. The molecule has 12 rings (SSSR count). The fourth-order valence-electron chi connectivity index (χ4n) is 9.70. The van der Waals surface area contributed by atoms with Crippen molar-refractivity contribution in [3.63, 3.8) is 0 Å². The van der Waals surface area contributed by atoms with Crippen LogP contribution < -0.4 is 0 Å². The Labute approximate surface area is 333 Å². The van der Waals surface area contributed by atoms with E-state index in [1.807, 2.05) is 0 Å². The first-order valence-electron chi connectivity index (χ1n) is 19.7. The number of nitrogens with zero attached hydrogens (tertiary/aromatic N) is 3. The highest BCUT2D eigenvalue weighted by Gasteiger charge is 2.57. The van der Waals surface area contributed by atoms with Crippen LogP contribution in [0.2, 0.25) is 0 Å². The molecule has 3 aliphatic carbocycles. The molecule has 1 aromatic heterocycles. The van der Waals surface area contributed by atoms with Gasteiger partial charge in [0.25, 0.3) is 0 Å². The van der Waals surface area contributed by atoms with Crippen LogP contribution in [0.4, 0.5) is 0 Å². The van der Waals surface area contributed by atoms with E-state index in [0.29, 0.717) is 17.5 Å². The first-order chi connectivity index (χ1) is 28.2. The molecule has 0 spiro atoms. The van der Waals surface area contributed by atoms with Crippen molar-refractivity contribution in [3.8, 4) is 45.0 Å². The first kappa shape index (κ1) is 33.1. The molecule has 0 aliphatic heterocycles. The number of hydrogen-bond donors (Lipinski definition) is 0. The molecule has 3 heteroatoms. The lowest BCUT2D eigenvalue weighted by Gasteiger charge is -2.46. The summed E-state index contributed by atoms with van der Waals surface area (Å²) in [7, 11) is 0.